The van der Waals surface area contributed by atoms with Gasteiger partial charge < -0.3 is 9.05 Å². The Bertz CT molecular complexity index is 670. The molecule has 0 bridgehead atoms. The molecular formula is C17H21O3PS. The van der Waals surface area contributed by atoms with Crippen LogP contribution >= 0.6 is 6.72 Å². The second-order valence-corrected chi connectivity index (χ2v) is 8.32. The van der Waals surface area contributed by atoms with Crippen molar-refractivity contribution >= 4 is 18.5 Å². The second kappa shape index (κ2) is 6.82. The van der Waals surface area contributed by atoms with Crippen LogP contribution in [-0.2, 0) is 16.3 Å². The van der Waals surface area contributed by atoms with Gasteiger partial charge >= 0.3 is 6.72 Å². The van der Waals surface area contributed by atoms with Crippen molar-refractivity contribution in [1.29, 1.82) is 0 Å². The Kier molecular flexibility index (Phi) is 5.28. The van der Waals surface area contributed by atoms with E-state index >= 15 is 0 Å². The minimum atomic E-state index is -2.89. The molecule has 2 rings (SSSR count). The summed E-state index contributed by atoms with van der Waals surface area (Å²) in [6, 6.07) is 11.8. The third-order valence-corrected chi connectivity index (χ3v) is 5.49. The summed E-state index contributed by atoms with van der Waals surface area (Å²) in [5, 5.41) is 0. The lowest BCUT2D eigenvalue weighted by molar-refractivity contribution is 0.318. The molecule has 0 saturated carbocycles. The zero-order valence-electron chi connectivity index (χ0n) is 13.5. The van der Waals surface area contributed by atoms with Crippen molar-refractivity contribution in [2.24, 2.45) is 0 Å². The summed E-state index contributed by atoms with van der Waals surface area (Å²) >= 11 is 5.50. The average molecular weight is 336 g/mol. The quantitative estimate of drug-likeness (QED) is 0.697. The molecule has 0 saturated heterocycles. The molecule has 22 heavy (non-hydrogen) atoms. The molecular weight excluding hydrogens is 315 g/mol. The van der Waals surface area contributed by atoms with Crippen LogP contribution in [0.1, 0.15) is 22.3 Å². The molecule has 5 heteroatoms. The van der Waals surface area contributed by atoms with E-state index in [4.69, 9.17) is 25.4 Å². The second-order valence-electron chi connectivity index (χ2n) is 5.35. The summed E-state index contributed by atoms with van der Waals surface area (Å²) in [4.78, 5) is 0. The van der Waals surface area contributed by atoms with Crippen molar-refractivity contribution < 1.29 is 13.6 Å². The van der Waals surface area contributed by atoms with Gasteiger partial charge in [-0.25, -0.2) is 0 Å². The molecule has 0 aliphatic rings. The van der Waals surface area contributed by atoms with E-state index < -0.39 is 6.72 Å². The van der Waals surface area contributed by atoms with Crippen molar-refractivity contribution in [3.05, 3.63) is 58.7 Å². The Morgan fingerprint density at radius 1 is 0.773 bits per heavy atom. The summed E-state index contributed by atoms with van der Waals surface area (Å²) in [5.74, 6) is 1.39. The fraction of sp³-hybridized carbons (Fsp3) is 0.294. The minimum Gasteiger partial charge on any atom is -0.415 e. The molecule has 2 aromatic carbocycles. The third kappa shape index (κ3) is 4.10. The highest BCUT2D eigenvalue weighted by molar-refractivity contribution is 8.07. The smallest absolute Gasteiger partial charge is 0.415 e. The van der Waals surface area contributed by atoms with Crippen molar-refractivity contribution in [3.8, 4) is 11.5 Å². The van der Waals surface area contributed by atoms with Gasteiger partial charge in [0.2, 0.25) is 0 Å². The standard InChI is InChI=1S/C17H21O3PS/c1-12-6-8-16(14(3)10-12)19-21(22,18-5)20-17-9-7-13(2)11-15(17)4/h6-11H,1-5H3. The van der Waals surface area contributed by atoms with E-state index in [0.29, 0.717) is 11.5 Å². The lowest BCUT2D eigenvalue weighted by atomic mass is 10.1. The van der Waals surface area contributed by atoms with E-state index in [1.807, 2.05) is 64.1 Å². The highest BCUT2D eigenvalue weighted by Crippen LogP contribution is 2.50. The molecule has 118 valence electrons. The molecule has 0 radical (unpaired) electrons. The lowest BCUT2D eigenvalue weighted by Gasteiger charge is -2.23. The van der Waals surface area contributed by atoms with E-state index in [-0.39, 0.29) is 0 Å². The highest BCUT2D eigenvalue weighted by Gasteiger charge is 2.24. The first kappa shape index (κ1) is 17.0. The number of benzene rings is 2. The van der Waals surface area contributed by atoms with Crippen LogP contribution in [-0.4, -0.2) is 7.11 Å². The van der Waals surface area contributed by atoms with Crippen molar-refractivity contribution in [2.75, 3.05) is 7.11 Å². The summed E-state index contributed by atoms with van der Waals surface area (Å²) in [6.45, 7) is 5.14. The number of hydrogen-bond acceptors (Lipinski definition) is 4. The maximum Gasteiger partial charge on any atom is 0.434 e. The number of aryl methyl sites for hydroxylation is 4. The Labute approximate surface area is 137 Å². The topological polar surface area (TPSA) is 27.7 Å². The molecule has 0 aromatic heterocycles. The molecule has 0 unspecified atom stereocenters. The molecule has 2 aromatic rings. The van der Waals surface area contributed by atoms with Crippen LogP contribution in [0.15, 0.2) is 36.4 Å². The van der Waals surface area contributed by atoms with Crippen LogP contribution in [0.25, 0.3) is 0 Å². The summed E-state index contributed by atoms with van der Waals surface area (Å²) in [5.41, 5.74) is 4.36. The zero-order valence-corrected chi connectivity index (χ0v) is 15.3. The van der Waals surface area contributed by atoms with Gasteiger partial charge in [-0.1, -0.05) is 35.4 Å². The van der Waals surface area contributed by atoms with Crippen LogP contribution in [0.4, 0.5) is 0 Å². The summed E-state index contributed by atoms with van der Waals surface area (Å²) in [7, 11) is 1.52. The lowest BCUT2D eigenvalue weighted by Crippen LogP contribution is -2.04. The first-order valence-electron chi connectivity index (χ1n) is 7.02. The molecule has 0 spiro atoms. The molecule has 0 N–H and O–H groups in total. The Morgan fingerprint density at radius 3 is 1.50 bits per heavy atom. The number of hydrogen-bond donors (Lipinski definition) is 0. The molecule has 0 fully saturated rings. The van der Waals surface area contributed by atoms with Gasteiger partial charge in [0.15, 0.2) is 0 Å². The SMILES string of the molecule is COP(=S)(Oc1ccc(C)cc1C)Oc1ccc(C)cc1C. The van der Waals surface area contributed by atoms with Gasteiger partial charge in [0, 0.05) is 18.9 Å². The first-order chi connectivity index (χ1) is 10.3. The highest BCUT2D eigenvalue weighted by atomic mass is 32.5. The van der Waals surface area contributed by atoms with Gasteiger partial charge in [-0.2, -0.15) is 0 Å². The molecule has 0 aliphatic heterocycles. The first-order valence-corrected chi connectivity index (χ1v) is 9.58. The molecule has 0 atom stereocenters. The Morgan fingerprint density at radius 2 is 1.18 bits per heavy atom. The predicted molar refractivity (Wildman–Crippen MR) is 94.4 cm³/mol. The van der Waals surface area contributed by atoms with Gasteiger partial charge in [-0.3, -0.25) is 4.52 Å². The van der Waals surface area contributed by atoms with Crippen molar-refractivity contribution in [1.82, 2.24) is 0 Å². The minimum absolute atomic E-state index is 0.695. The fourth-order valence-electron chi connectivity index (χ4n) is 2.14. The third-order valence-electron chi connectivity index (χ3n) is 3.30. The monoisotopic (exact) mass is 336 g/mol. The normalized spacial score (nSPS) is 11.3. The molecule has 0 aliphatic carbocycles. The van der Waals surface area contributed by atoms with E-state index in [0.717, 1.165) is 11.1 Å². The maximum atomic E-state index is 5.91. The summed E-state index contributed by atoms with van der Waals surface area (Å²) < 4.78 is 17.2. The Hall–Kier alpha value is -1.35. The van der Waals surface area contributed by atoms with Crippen molar-refractivity contribution in [3.63, 3.8) is 0 Å². The van der Waals surface area contributed by atoms with E-state index in [1.54, 1.807) is 0 Å². The van der Waals surface area contributed by atoms with Gasteiger partial charge in [-0.15, -0.1) is 0 Å². The molecule has 0 amide bonds. The number of rotatable bonds is 5. The van der Waals surface area contributed by atoms with E-state index in [2.05, 4.69) is 0 Å². The van der Waals surface area contributed by atoms with Crippen LogP contribution < -0.4 is 9.05 Å². The van der Waals surface area contributed by atoms with Crippen LogP contribution in [0, 0.1) is 27.7 Å². The van der Waals surface area contributed by atoms with Gasteiger partial charge in [0.25, 0.3) is 0 Å². The van der Waals surface area contributed by atoms with E-state index in [1.165, 1.54) is 18.2 Å². The summed E-state index contributed by atoms with van der Waals surface area (Å²) in [6.07, 6.45) is 0. The fourth-order valence-corrected chi connectivity index (χ4v) is 3.70. The maximum absolute atomic E-state index is 5.91. The van der Waals surface area contributed by atoms with Gasteiger partial charge in [0.05, 0.1) is 0 Å². The van der Waals surface area contributed by atoms with Crippen molar-refractivity contribution in [2.45, 2.75) is 27.7 Å². The predicted octanol–water partition coefficient (Wildman–Crippen LogP) is 5.25. The molecule has 0 heterocycles. The Balaban J connectivity index is 2.26. The van der Waals surface area contributed by atoms with Crippen LogP contribution in [0.5, 0.6) is 11.5 Å². The largest absolute Gasteiger partial charge is 0.434 e. The van der Waals surface area contributed by atoms with Crippen LogP contribution in [0.2, 0.25) is 0 Å². The van der Waals surface area contributed by atoms with E-state index in [9.17, 15) is 0 Å². The average Bonchev–Trinajstić information content (AvgIpc) is 2.45. The van der Waals surface area contributed by atoms with Gasteiger partial charge in [-0.05, 0) is 51.0 Å². The molecule has 3 nitrogen and oxygen atoms in total. The van der Waals surface area contributed by atoms with Crippen LogP contribution in [0.3, 0.4) is 0 Å². The zero-order chi connectivity index (χ0) is 16.3. The van der Waals surface area contributed by atoms with Gasteiger partial charge in [0.1, 0.15) is 11.5 Å².